The zero-order valence-corrected chi connectivity index (χ0v) is 19.3. The average Bonchev–Trinajstić information content (AvgIpc) is 3.45. The molecule has 4 atom stereocenters. The van der Waals surface area contributed by atoms with Gasteiger partial charge in [0.1, 0.15) is 35.7 Å². The Morgan fingerprint density at radius 2 is 2.03 bits per heavy atom. The highest BCUT2D eigenvalue weighted by Gasteiger charge is 2.56. The molecule has 2 fully saturated rings. The lowest BCUT2D eigenvalue weighted by molar-refractivity contribution is -0.200. The molecule has 0 bridgehead atoms. The summed E-state index contributed by atoms with van der Waals surface area (Å²) in [4.78, 5) is 25.7. The van der Waals surface area contributed by atoms with Gasteiger partial charge in [-0.15, -0.1) is 0 Å². The second-order valence-electron chi connectivity index (χ2n) is 8.69. The van der Waals surface area contributed by atoms with E-state index in [2.05, 4.69) is 9.97 Å². The quantitative estimate of drug-likeness (QED) is 0.335. The van der Waals surface area contributed by atoms with Crippen molar-refractivity contribution < 1.29 is 23.7 Å². The monoisotopic (exact) mass is 482 g/mol. The van der Waals surface area contributed by atoms with Crippen LogP contribution in [0.15, 0.2) is 57.2 Å². The summed E-state index contributed by atoms with van der Waals surface area (Å²) in [6.45, 7) is 3.46. The Labute approximate surface area is 197 Å². The van der Waals surface area contributed by atoms with Gasteiger partial charge < -0.3 is 23.7 Å². The van der Waals surface area contributed by atoms with E-state index < -0.39 is 30.3 Å². The summed E-state index contributed by atoms with van der Waals surface area (Å²) in [7, 11) is 0. The predicted octanol–water partition coefficient (Wildman–Crippen LogP) is 2.63. The summed E-state index contributed by atoms with van der Waals surface area (Å²) in [6.07, 6.45) is 0.984. The Kier molecular flexibility index (Phi) is 5.19. The number of ether oxygens (including phenoxy) is 3. The molecule has 3 aromatic heterocycles. The maximum Gasteiger partial charge on any atom is 0.340 e. The van der Waals surface area contributed by atoms with Crippen LogP contribution in [0.4, 0.5) is 0 Å². The maximum atomic E-state index is 12.6. The van der Waals surface area contributed by atoms with Crippen molar-refractivity contribution in [2.24, 2.45) is 0 Å². The van der Waals surface area contributed by atoms with E-state index >= 15 is 0 Å². The molecule has 2 aliphatic rings. The van der Waals surface area contributed by atoms with Crippen LogP contribution in [0.2, 0.25) is 0 Å². The molecule has 34 heavy (non-hydrogen) atoms. The van der Waals surface area contributed by atoms with Crippen LogP contribution >= 0.6 is 11.8 Å². The number of rotatable bonds is 5. The first kappa shape index (κ1) is 21.7. The number of nitrogens with zero attached hydrogens (tertiary/aromatic N) is 4. The minimum atomic E-state index is -0.812. The zero-order chi connectivity index (χ0) is 23.4. The van der Waals surface area contributed by atoms with E-state index in [0.717, 1.165) is 5.39 Å². The molecule has 5 heterocycles. The van der Waals surface area contributed by atoms with Crippen LogP contribution in [-0.4, -0.2) is 55.3 Å². The highest BCUT2D eigenvalue weighted by Crippen LogP contribution is 2.45. The smallest absolute Gasteiger partial charge is 0.340 e. The van der Waals surface area contributed by atoms with E-state index in [9.17, 15) is 9.90 Å². The standard InChI is InChI=1S/C23H22N4O6S/c1-23(2)32-17-16(9-28)30-20(18(17)33-23)27-19-14(8-24-11-25-19)26-22(27)34-10-13-7-12-5-3-4-6-15(12)31-21(13)29/h3-8,11,16-18,20,28H,9-10H2,1-2H3/t16-,17+,18+,20-/m1/s1. The van der Waals surface area contributed by atoms with Gasteiger partial charge in [0, 0.05) is 16.7 Å². The van der Waals surface area contributed by atoms with Crippen LogP contribution in [0.1, 0.15) is 25.6 Å². The first-order valence-electron chi connectivity index (χ1n) is 10.9. The third kappa shape index (κ3) is 3.60. The number of fused-ring (bicyclic) bond motifs is 3. The fourth-order valence-electron chi connectivity index (χ4n) is 4.52. The summed E-state index contributed by atoms with van der Waals surface area (Å²) in [5, 5.41) is 11.3. The second kappa shape index (κ2) is 8.14. The molecule has 4 aromatic rings. The lowest BCUT2D eigenvalue weighted by Gasteiger charge is -2.25. The number of aromatic nitrogens is 4. The Morgan fingerprint density at radius 1 is 1.21 bits per heavy atom. The van der Waals surface area contributed by atoms with Gasteiger partial charge in [-0.25, -0.2) is 19.7 Å². The van der Waals surface area contributed by atoms with Crippen LogP contribution in [0, 0.1) is 0 Å². The lowest BCUT2D eigenvalue weighted by Crippen LogP contribution is -2.31. The van der Waals surface area contributed by atoms with Crippen molar-refractivity contribution in [2.75, 3.05) is 6.61 Å². The summed E-state index contributed by atoms with van der Waals surface area (Å²) in [5.74, 6) is -0.482. The SMILES string of the molecule is CC1(C)O[C@@H]2[C@H](O1)[C@H](n1c(SCc3cc4ccccc4oc3=O)nc3cncnc31)O[C@@H]2CO. The Hall–Kier alpha value is -2.83. The molecule has 0 aliphatic carbocycles. The molecule has 1 aromatic carbocycles. The molecule has 176 valence electrons. The van der Waals surface area contributed by atoms with Crippen LogP contribution in [0.5, 0.6) is 0 Å². The number of benzene rings is 1. The van der Waals surface area contributed by atoms with Gasteiger partial charge >= 0.3 is 5.63 Å². The lowest BCUT2D eigenvalue weighted by atomic mass is 10.1. The minimum Gasteiger partial charge on any atom is -0.423 e. The summed E-state index contributed by atoms with van der Waals surface area (Å²) in [5.41, 5.74) is 1.83. The van der Waals surface area contributed by atoms with Gasteiger partial charge in [0.2, 0.25) is 0 Å². The van der Waals surface area contributed by atoms with Crippen molar-refractivity contribution >= 4 is 33.9 Å². The van der Waals surface area contributed by atoms with Gasteiger partial charge in [0.25, 0.3) is 0 Å². The van der Waals surface area contributed by atoms with Crippen molar-refractivity contribution in [3.05, 3.63) is 58.8 Å². The van der Waals surface area contributed by atoms with Crippen molar-refractivity contribution in [2.45, 2.75) is 55.1 Å². The molecule has 0 amide bonds. The van der Waals surface area contributed by atoms with Gasteiger partial charge in [-0.3, -0.25) is 4.57 Å². The number of imidazole rings is 1. The predicted molar refractivity (Wildman–Crippen MR) is 122 cm³/mol. The van der Waals surface area contributed by atoms with E-state index in [1.54, 1.807) is 12.3 Å². The molecule has 1 N–H and O–H groups in total. The number of para-hydroxylation sites is 1. The number of hydrogen-bond donors (Lipinski definition) is 1. The number of aliphatic hydroxyl groups excluding tert-OH is 1. The van der Waals surface area contributed by atoms with Gasteiger partial charge in [0.05, 0.1) is 12.8 Å². The Morgan fingerprint density at radius 3 is 2.88 bits per heavy atom. The second-order valence-corrected chi connectivity index (χ2v) is 9.64. The van der Waals surface area contributed by atoms with Crippen molar-refractivity contribution in [1.29, 1.82) is 0 Å². The maximum absolute atomic E-state index is 12.6. The largest absolute Gasteiger partial charge is 0.423 e. The molecule has 0 saturated carbocycles. The van der Waals surface area contributed by atoms with Crippen molar-refractivity contribution in [3.8, 4) is 0 Å². The van der Waals surface area contributed by atoms with E-state index in [4.69, 9.17) is 23.6 Å². The fourth-order valence-corrected chi connectivity index (χ4v) is 5.50. The summed E-state index contributed by atoms with van der Waals surface area (Å²) >= 11 is 1.36. The topological polar surface area (TPSA) is 122 Å². The van der Waals surface area contributed by atoms with Crippen LogP contribution in [-0.2, 0) is 20.0 Å². The van der Waals surface area contributed by atoms with Gasteiger partial charge in [-0.2, -0.15) is 0 Å². The molecule has 2 saturated heterocycles. The fraction of sp³-hybridized carbons (Fsp3) is 0.391. The van der Waals surface area contributed by atoms with Crippen LogP contribution < -0.4 is 5.63 Å². The normalized spacial score (nSPS) is 25.9. The molecule has 11 heteroatoms. The highest BCUT2D eigenvalue weighted by molar-refractivity contribution is 7.98. The molecule has 10 nitrogen and oxygen atoms in total. The summed E-state index contributed by atoms with van der Waals surface area (Å²) in [6, 6.07) is 9.23. The molecule has 0 unspecified atom stereocenters. The van der Waals surface area contributed by atoms with Crippen LogP contribution in [0.25, 0.3) is 22.1 Å². The third-order valence-corrected chi connectivity index (χ3v) is 6.95. The van der Waals surface area contributed by atoms with Gasteiger partial charge in [-0.1, -0.05) is 30.0 Å². The Balaban J connectivity index is 1.38. The highest BCUT2D eigenvalue weighted by atomic mass is 32.2. The zero-order valence-electron chi connectivity index (χ0n) is 18.5. The van der Waals surface area contributed by atoms with Crippen molar-refractivity contribution in [1.82, 2.24) is 19.5 Å². The first-order chi connectivity index (χ1) is 16.4. The average molecular weight is 483 g/mol. The van der Waals surface area contributed by atoms with E-state index in [1.165, 1.54) is 18.1 Å². The first-order valence-corrected chi connectivity index (χ1v) is 11.9. The number of thioether (sulfide) groups is 1. The molecular formula is C23H22N4O6S. The summed E-state index contributed by atoms with van der Waals surface area (Å²) < 4.78 is 25.6. The van der Waals surface area contributed by atoms with E-state index in [-0.39, 0.29) is 12.2 Å². The van der Waals surface area contributed by atoms with Gasteiger partial charge in [-0.05, 0) is 26.0 Å². The minimum absolute atomic E-state index is 0.209. The molecule has 6 rings (SSSR count). The van der Waals surface area contributed by atoms with Crippen LogP contribution in [0.3, 0.4) is 0 Å². The Bertz CT molecular complexity index is 1440. The van der Waals surface area contributed by atoms with E-state index in [0.29, 0.717) is 33.2 Å². The molecule has 2 aliphatic heterocycles. The number of hydrogen-bond acceptors (Lipinski definition) is 10. The van der Waals surface area contributed by atoms with E-state index in [1.807, 2.05) is 42.7 Å². The number of aliphatic hydroxyl groups is 1. The molecule has 0 radical (unpaired) electrons. The molecule has 0 spiro atoms. The molecular weight excluding hydrogens is 460 g/mol. The van der Waals surface area contributed by atoms with Crippen molar-refractivity contribution in [3.63, 3.8) is 0 Å². The third-order valence-electron chi connectivity index (χ3n) is 5.95. The van der Waals surface area contributed by atoms with Gasteiger partial charge in [0.15, 0.2) is 22.8 Å².